The van der Waals surface area contributed by atoms with E-state index in [-0.39, 0.29) is 40.6 Å². The highest BCUT2D eigenvalue weighted by atomic mass is 19.4. The quantitative estimate of drug-likeness (QED) is 0.181. The number of fused-ring (bicyclic) bond motifs is 1. The summed E-state index contributed by atoms with van der Waals surface area (Å²) in [5, 5.41) is 3.84. The van der Waals surface area contributed by atoms with Gasteiger partial charge in [0, 0.05) is 24.8 Å². The molecule has 1 N–H and O–H groups in total. The highest BCUT2D eigenvalue weighted by Crippen LogP contribution is 2.32. The number of amides is 1. The summed E-state index contributed by atoms with van der Waals surface area (Å²) >= 11 is 0. The van der Waals surface area contributed by atoms with E-state index in [4.69, 9.17) is 9.72 Å². The number of halogens is 4. The molecule has 1 aliphatic rings. The van der Waals surface area contributed by atoms with Crippen LogP contribution < -0.4 is 15.6 Å². The van der Waals surface area contributed by atoms with Crippen LogP contribution in [0.2, 0.25) is 0 Å². The molecule has 0 aliphatic heterocycles. The van der Waals surface area contributed by atoms with E-state index < -0.39 is 35.9 Å². The number of carbonyl (C=O) groups excluding carboxylic acids is 1. The molecule has 4 aromatic rings. The Hall–Kier alpha value is -4.32. The van der Waals surface area contributed by atoms with Crippen molar-refractivity contribution >= 4 is 16.9 Å². The van der Waals surface area contributed by atoms with Gasteiger partial charge in [-0.1, -0.05) is 12.5 Å². The minimum absolute atomic E-state index is 0.0219. The molecule has 1 amide bonds. The number of aromatic nitrogens is 3. The Morgan fingerprint density at radius 3 is 2.52 bits per heavy atom. The molecule has 2 atom stereocenters. The number of rotatable bonds is 12. The zero-order valence-corrected chi connectivity index (χ0v) is 26.0. The van der Waals surface area contributed by atoms with Gasteiger partial charge >= 0.3 is 6.18 Å². The maximum absolute atomic E-state index is 14.0. The summed E-state index contributed by atoms with van der Waals surface area (Å²) < 4.78 is 61.4. The third-order valence-corrected chi connectivity index (χ3v) is 8.36. The number of hydrogen-bond donors (Lipinski definition) is 1. The monoisotopic (exact) mass is 639 g/mol. The molecule has 8 nitrogen and oxygen atoms in total. The Bertz CT molecular complexity index is 1740. The molecular formula is C34H37F4N5O3. The van der Waals surface area contributed by atoms with Gasteiger partial charge in [-0.3, -0.25) is 14.2 Å². The Balaban J connectivity index is 1.54. The third-order valence-electron chi connectivity index (χ3n) is 8.36. The molecule has 12 heteroatoms. The summed E-state index contributed by atoms with van der Waals surface area (Å²) in [6, 6.07) is 12.4. The Labute approximate surface area is 264 Å². The van der Waals surface area contributed by atoms with Crippen LogP contribution in [-0.2, 0) is 17.4 Å². The smallest absolute Gasteiger partial charge is 0.419 e. The van der Waals surface area contributed by atoms with Crippen LogP contribution >= 0.6 is 0 Å². The maximum Gasteiger partial charge on any atom is 0.419 e. The highest BCUT2D eigenvalue weighted by Gasteiger charge is 2.35. The van der Waals surface area contributed by atoms with Crippen molar-refractivity contribution in [2.75, 3.05) is 13.2 Å². The van der Waals surface area contributed by atoms with Gasteiger partial charge in [-0.2, -0.15) is 13.2 Å². The molecule has 1 fully saturated rings. The van der Waals surface area contributed by atoms with Crippen molar-refractivity contribution < 1.29 is 27.1 Å². The first-order chi connectivity index (χ1) is 22.0. The molecule has 0 radical (unpaired) electrons. The third kappa shape index (κ3) is 7.38. The van der Waals surface area contributed by atoms with Crippen molar-refractivity contribution in [2.24, 2.45) is 0 Å². The summed E-state index contributed by atoms with van der Waals surface area (Å²) in [6.07, 6.45) is 0.0761. The predicted octanol–water partition coefficient (Wildman–Crippen LogP) is 6.39. The van der Waals surface area contributed by atoms with E-state index in [1.165, 1.54) is 21.7 Å². The summed E-state index contributed by atoms with van der Waals surface area (Å²) in [6.45, 7) is 6.31. The average Bonchev–Trinajstić information content (AvgIpc) is 3.00. The lowest BCUT2D eigenvalue weighted by molar-refractivity contribution is -0.140. The summed E-state index contributed by atoms with van der Waals surface area (Å²) in [4.78, 5) is 38.5. The fourth-order valence-electron chi connectivity index (χ4n) is 5.67. The zero-order valence-electron chi connectivity index (χ0n) is 26.0. The summed E-state index contributed by atoms with van der Waals surface area (Å²) in [5.41, 5.74) is -1.09. The molecule has 1 aliphatic carbocycles. The summed E-state index contributed by atoms with van der Waals surface area (Å²) in [7, 11) is 0. The summed E-state index contributed by atoms with van der Waals surface area (Å²) in [5.74, 6) is -1.04. The van der Waals surface area contributed by atoms with E-state index in [1.807, 2.05) is 13.8 Å². The normalized spacial score (nSPS) is 14.9. The van der Waals surface area contributed by atoms with Crippen LogP contribution in [-0.4, -0.2) is 50.6 Å². The van der Waals surface area contributed by atoms with Crippen LogP contribution in [0.15, 0.2) is 65.6 Å². The molecule has 1 unspecified atom stereocenters. The first-order valence-corrected chi connectivity index (χ1v) is 15.5. The number of benzene rings is 2. The first-order valence-electron chi connectivity index (χ1n) is 15.5. The van der Waals surface area contributed by atoms with Gasteiger partial charge in [-0.05, 0) is 94.1 Å². The lowest BCUT2D eigenvalue weighted by Crippen LogP contribution is -2.44. The van der Waals surface area contributed by atoms with E-state index in [0.29, 0.717) is 36.6 Å². The van der Waals surface area contributed by atoms with Gasteiger partial charge in [-0.25, -0.2) is 14.4 Å². The van der Waals surface area contributed by atoms with E-state index in [1.54, 1.807) is 43.3 Å². The number of ether oxygens (including phenoxy) is 1. The molecule has 0 spiro atoms. The largest absolute Gasteiger partial charge is 0.494 e. The van der Waals surface area contributed by atoms with Crippen LogP contribution in [0.3, 0.4) is 0 Å². The molecule has 2 aromatic heterocycles. The van der Waals surface area contributed by atoms with Crippen molar-refractivity contribution in [1.29, 1.82) is 0 Å². The number of hydrogen-bond acceptors (Lipinski definition) is 6. The molecule has 0 bridgehead atoms. The molecule has 244 valence electrons. The van der Waals surface area contributed by atoms with Crippen LogP contribution in [0.1, 0.15) is 69.4 Å². The van der Waals surface area contributed by atoms with Gasteiger partial charge in [0.05, 0.1) is 35.7 Å². The molecule has 0 saturated heterocycles. The molecular weight excluding hydrogens is 602 g/mol. The lowest BCUT2D eigenvalue weighted by Gasteiger charge is -2.34. The van der Waals surface area contributed by atoms with E-state index in [2.05, 4.69) is 10.3 Å². The van der Waals surface area contributed by atoms with Crippen molar-refractivity contribution in [3.05, 3.63) is 93.9 Å². The van der Waals surface area contributed by atoms with Gasteiger partial charge in [0.2, 0.25) is 5.91 Å². The van der Waals surface area contributed by atoms with Crippen LogP contribution in [0.25, 0.3) is 16.7 Å². The van der Waals surface area contributed by atoms with Crippen LogP contribution in [0.4, 0.5) is 17.6 Å². The molecule has 5 rings (SSSR count). The standard InChI is InChI=1S/C34H37F4N5O3/c1-4-46-26-13-11-25(12-14-26)43-32(41-31-27(33(43)45)9-6-17-39-31)22(3)42(18-16-21(2)40-24-7-5-8-24)30(44)20-23-10-15-29(35)28(19-23)34(36,37)38/h6,9-15,17,19,21-22,24,40H,4-5,7-8,16,18,20H2,1-3H3/t21?,22-/m1/s1. The van der Waals surface area contributed by atoms with E-state index in [9.17, 15) is 27.2 Å². The lowest BCUT2D eigenvalue weighted by atomic mass is 9.92. The molecule has 2 heterocycles. The minimum Gasteiger partial charge on any atom is -0.494 e. The predicted molar refractivity (Wildman–Crippen MR) is 166 cm³/mol. The van der Waals surface area contributed by atoms with Crippen LogP contribution in [0.5, 0.6) is 5.75 Å². The maximum atomic E-state index is 14.0. The second-order valence-corrected chi connectivity index (χ2v) is 11.6. The van der Waals surface area contributed by atoms with Gasteiger partial charge in [-0.15, -0.1) is 0 Å². The van der Waals surface area contributed by atoms with Crippen molar-refractivity contribution in [1.82, 2.24) is 24.8 Å². The number of nitrogens with zero attached hydrogens (tertiary/aromatic N) is 4. The second kappa shape index (κ2) is 14.0. The van der Waals surface area contributed by atoms with Gasteiger partial charge in [0.1, 0.15) is 17.4 Å². The highest BCUT2D eigenvalue weighted by molar-refractivity contribution is 5.79. The van der Waals surface area contributed by atoms with Gasteiger partial charge in [0.15, 0.2) is 5.65 Å². The first kappa shape index (κ1) is 33.1. The zero-order chi connectivity index (χ0) is 33.0. The van der Waals surface area contributed by atoms with E-state index in [0.717, 1.165) is 25.3 Å². The number of pyridine rings is 1. The Morgan fingerprint density at radius 2 is 1.87 bits per heavy atom. The van der Waals surface area contributed by atoms with Crippen molar-refractivity contribution in [3.63, 3.8) is 0 Å². The number of alkyl halides is 3. The Morgan fingerprint density at radius 1 is 1.13 bits per heavy atom. The second-order valence-electron chi connectivity index (χ2n) is 11.6. The molecule has 46 heavy (non-hydrogen) atoms. The molecule has 1 saturated carbocycles. The topological polar surface area (TPSA) is 89.3 Å². The fourth-order valence-corrected chi connectivity index (χ4v) is 5.67. The average molecular weight is 640 g/mol. The Kier molecular flexibility index (Phi) is 10.0. The number of carbonyl (C=O) groups is 1. The van der Waals surface area contributed by atoms with Crippen molar-refractivity contribution in [2.45, 2.75) is 77.2 Å². The SMILES string of the molecule is CCOc1ccc(-n2c([C@@H](C)N(CCC(C)NC3CCC3)C(=O)Cc3ccc(F)c(C(F)(F)F)c3)nc3ncccc3c2=O)cc1. The van der Waals surface area contributed by atoms with Crippen molar-refractivity contribution in [3.8, 4) is 11.4 Å². The number of nitrogens with one attached hydrogen (secondary N) is 1. The van der Waals surface area contributed by atoms with Gasteiger partial charge < -0.3 is 15.0 Å². The van der Waals surface area contributed by atoms with Gasteiger partial charge in [0.25, 0.3) is 5.56 Å². The fraction of sp³-hybridized carbons (Fsp3) is 0.412. The minimum atomic E-state index is -4.91. The molecule has 2 aromatic carbocycles. The van der Waals surface area contributed by atoms with E-state index >= 15 is 0 Å². The van der Waals surface area contributed by atoms with Crippen LogP contribution in [0, 0.1) is 5.82 Å².